The molecule has 2 aliphatic heterocycles. The fraction of sp³-hybridized carbons (Fsp3) is 0.565. The molecule has 9 nitrogen and oxygen atoms in total. The van der Waals surface area contributed by atoms with E-state index in [9.17, 15) is 19.2 Å². The maximum atomic E-state index is 13.1. The van der Waals surface area contributed by atoms with E-state index < -0.39 is 0 Å². The first kappa shape index (κ1) is 23.9. The number of carbonyl (C=O) groups is 4. The zero-order chi connectivity index (χ0) is 23.3. The van der Waals surface area contributed by atoms with Crippen LogP contribution in [0.3, 0.4) is 0 Å². The minimum atomic E-state index is -0.352. The van der Waals surface area contributed by atoms with Gasteiger partial charge in [0.25, 0.3) is 17.7 Å². The van der Waals surface area contributed by atoms with Crippen LogP contribution in [0.4, 0.5) is 0 Å². The van der Waals surface area contributed by atoms with Crippen molar-refractivity contribution in [3.05, 3.63) is 34.9 Å². The molecule has 174 valence electrons. The molecule has 1 aromatic carbocycles. The van der Waals surface area contributed by atoms with Crippen molar-refractivity contribution in [3.63, 3.8) is 0 Å². The van der Waals surface area contributed by atoms with E-state index in [2.05, 4.69) is 0 Å². The molecule has 9 heteroatoms. The van der Waals surface area contributed by atoms with Gasteiger partial charge in [-0.25, -0.2) is 0 Å². The third kappa shape index (κ3) is 5.34. The second-order valence-corrected chi connectivity index (χ2v) is 8.45. The number of imide groups is 1. The Hall–Kier alpha value is -2.78. The molecule has 0 spiro atoms. The van der Waals surface area contributed by atoms with E-state index >= 15 is 0 Å². The van der Waals surface area contributed by atoms with E-state index in [1.807, 2.05) is 13.8 Å². The van der Waals surface area contributed by atoms with Crippen molar-refractivity contribution < 1.29 is 28.7 Å². The lowest BCUT2D eigenvalue weighted by Gasteiger charge is -2.22. The van der Waals surface area contributed by atoms with Crippen LogP contribution in [0.2, 0.25) is 0 Å². The molecule has 0 aromatic heterocycles. The Morgan fingerprint density at radius 2 is 1.66 bits per heavy atom. The highest BCUT2D eigenvalue weighted by Gasteiger charge is 2.36. The summed E-state index contributed by atoms with van der Waals surface area (Å²) in [6.07, 6.45) is 0.653. The number of hydrogen-bond acceptors (Lipinski definition) is 6. The lowest BCUT2D eigenvalue weighted by atomic mass is 10.0. The second kappa shape index (κ2) is 10.7. The highest BCUT2D eigenvalue weighted by atomic mass is 16.5. The fourth-order valence-corrected chi connectivity index (χ4v) is 3.90. The summed E-state index contributed by atoms with van der Waals surface area (Å²) in [5.41, 5.74) is 0.994. The highest BCUT2D eigenvalue weighted by Crippen LogP contribution is 2.25. The van der Waals surface area contributed by atoms with Crippen molar-refractivity contribution >= 4 is 23.6 Å². The first-order chi connectivity index (χ1) is 15.3. The number of carbonyl (C=O) groups excluding carboxylic acids is 4. The van der Waals surface area contributed by atoms with Crippen LogP contribution in [0.1, 0.15) is 51.3 Å². The van der Waals surface area contributed by atoms with Crippen molar-refractivity contribution in [1.29, 1.82) is 0 Å². The van der Waals surface area contributed by atoms with Crippen LogP contribution >= 0.6 is 0 Å². The SMILES string of the molecule is COCCOCC(=O)N1CCCN(C(=O)c2ccc3c(c2)C(=O)N(CC(C)C)C3=O)CC1. The molecule has 0 atom stereocenters. The van der Waals surface area contributed by atoms with Crippen LogP contribution in [0.25, 0.3) is 0 Å². The van der Waals surface area contributed by atoms with E-state index in [0.29, 0.717) is 63.5 Å². The Labute approximate surface area is 188 Å². The van der Waals surface area contributed by atoms with Gasteiger partial charge in [-0.1, -0.05) is 13.8 Å². The van der Waals surface area contributed by atoms with Crippen LogP contribution in [-0.2, 0) is 14.3 Å². The Kier molecular flexibility index (Phi) is 7.98. The molecule has 0 aliphatic carbocycles. The minimum absolute atomic E-state index is 0.00878. The first-order valence-electron chi connectivity index (χ1n) is 11.0. The van der Waals surface area contributed by atoms with Crippen molar-refractivity contribution in [3.8, 4) is 0 Å². The summed E-state index contributed by atoms with van der Waals surface area (Å²) in [6, 6.07) is 4.69. The lowest BCUT2D eigenvalue weighted by molar-refractivity contribution is -0.136. The smallest absolute Gasteiger partial charge is 0.261 e. The maximum absolute atomic E-state index is 13.1. The number of hydrogen-bond donors (Lipinski definition) is 0. The molecule has 1 fully saturated rings. The largest absolute Gasteiger partial charge is 0.382 e. The minimum Gasteiger partial charge on any atom is -0.382 e. The third-order valence-electron chi connectivity index (χ3n) is 5.56. The van der Waals surface area contributed by atoms with E-state index in [4.69, 9.17) is 9.47 Å². The van der Waals surface area contributed by atoms with Crippen LogP contribution in [0.5, 0.6) is 0 Å². The molecular weight excluding hydrogens is 414 g/mol. The van der Waals surface area contributed by atoms with Crippen LogP contribution in [-0.4, -0.2) is 98.0 Å². The predicted molar refractivity (Wildman–Crippen MR) is 116 cm³/mol. The molecule has 2 heterocycles. The number of rotatable bonds is 8. The van der Waals surface area contributed by atoms with Crippen LogP contribution < -0.4 is 0 Å². The number of benzene rings is 1. The summed E-state index contributed by atoms with van der Waals surface area (Å²) in [7, 11) is 1.57. The van der Waals surface area contributed by atoms with Gasteiger partial charge >= 0.3 is 0 Å². The molecular formula is C23H31N3O6. The van der Waals surface area contributed by atoms with Gasteiger partial charge < -0.3 is 19.3 Å². The lowest BCUT2D eigenvalue weighted by Crippen LogP contribution is -2.39. The topological polar surface area (TPSA) is 96.5 Å². The van der Waals surface area contributed by atoms with E-state index in [1.165, 1.54) is 11.0 Å². The van der Waals surface area contributed by atoms with Gasteiger partial charge in [-0.3, -0.25) is 24.1 Å². The number of nitrogens with zero attached hydrogens (tertiary/aromatic N) is 3. The molecule has 0 saturated carbocycles. The number of fused-ring (bicyclic) bond motifs is 1. The Bertz CT molecular complexity index is 884. The van der Waals surface area contributed by atoms with E-state index in [1.54, 1.807) is 29.0 Å². The van der Waals surface area contributed by atoms with Gasteiger partial charge in [0, 0.05) is 45.4 Å². The molecule has 4 amide bonds. The van der Waals surface area contributed by atoms with Crippen LogP contribution in [0.15, 0.2) is 18.2 Å². The Morgan fingerprint density at radius 1 is 0.969 bits per heavy atom. The number of methoxy groups -OCH3 is 1. The monoisotopic (exact) mass is 445 g/mol. The molecule has 0 radical (unpaired) electrons. The summed E-state index contributed by atoms with van der Waals surface area (Å²) >= 11 is 0. The summed E-state index contributed by atoms with van der Waals surface area (Å²) in [6.45, 7) is 6.89. The first-order valence-corrected chi connectivity index (χ1v) is 11.0. The maximum Gasteiger partial charge on any atom is 0.261 e. The van der Waals surface area contributed by atoms with Gasteiger partial charge in [0.15, 0.2) is 0 Å². The standard InChI is InChI=1S/C23H31N3O6/c1-16(2)14-26-22(29)18-6-5-17(13-19(18)23(26)30)21(28)25-8-4-7-24(9-10-25)20(27)15-32-12-11-31-3/h5-6,13,16H,4,7-12,14-15H2,1-3H3. The highest BCUT2D eigenvalue weighted by molar-refractivity contribution is 6.22. The number of ether oxygens (including phenoxy) is 2. The fourth-order valence-electron chi connectivity index (χ4n) is 3.90. The summed E-state index contributed by atoms with van der Waals surface area (Å²) < 4.78 is 10.2. The zero-order valence-electron chi connectivity index (χ0n) is 19.0. The van der Waals surface area contributed by atoms with Gasteiger partial charge in [0.1, 0.15) is 6.61 Å². The summed E-state index contributed by atoms with van der Waals surface area (Å²) in [5, 5.41) is 0. The Morgan fingerprint density at radius 3 is 2.38 bits per heavy atom. The molecule has 3 rings (SSSR count). The van der Waals surface area contributed by atoms with E-state index in [0.717, 1.165) is 0 Å². The molecule has 32 heavy (non-hydrogen) atoms. The molecule has 1 aromatic rings. The summed E-state index contributed by atoms with van der Waals surface area (Å²) in [5.74, 6) is -0.821. The average Bonchev–Trinajstić information content (AvgIpc) is 2.95. The predicted octanol–water partition coefficient (Wildman–Crippen LogP) is 1.28. The van der Waals surface area contributed by atoms with Gasteiger partial charge in [-0.2, -0.15) is 0 Å². The molecule has 0 unspecified atom stereocenters. The van der Waals surface area contributed by atoms with Crippen molar-refractivity contribution in [2.45, 2.75) is 20.3 Å². The van der Waals surface area contributed by atoms with E-state index in [-0.39, 0.29) is 41.7 Å². The van der Waals surface area contributed by atoms with Crippen molar-refractivity contribution in [2.24, 2.45) is 5.92 Å². The summed E-state index contributed by atoms with van der Waals surface area (Å²) in [4.78, 5) is 55.3. The quantitative estimate of drug-likeness (QED) is 0.442. The molecule has 0 bridgehead atoms. The molecule has 1 saturated heterocycles. The normalized spacial score (nSPS) is 16.6. The molecule has 2 aliphatic rings. The van der Waals surface area contributed by atoms with Crippen LogP contribution in [0, 0.1) is 5.92 Å². The zero-order valence-corrected chi connectivity index (χ0v) is 19.0. The molecule has 0 N–H and O–H groups in total. The van der Waals surface area contributed by atoms with Gasteiger partial charge in [0.05, 0.1) is 24.3 Å². The van der Waals surface area contributed by atoms with Gasteiger partial charge in [0.2, 0.25) is 5.91 Å². The van der Waals surface area contributed by atoms with Crippen molar-refractivity contribution in [1.82, 2.24) is 14.7 Å². The van der Waals surface area contributed by atoms with Gasteiger partial charge in [-0.15, -0.1) is 0 Å². The number of amides is 4. The third-order valence-corrected chi connectivity index (χ3v) is 5.56. The Balaban J connectivity index is 1.63. The average molecular weight is 446 g/mol. The van der Waals surface area contributed by atoms with Crippen molar-refractivity contribution in [2.75, 3.05) is 59.7 Å². The van der Waals surface area contributed by atoms with Gasteiger partial charge in [-0.05, 0) is 30.5 Å². The second-order valence-electron chi connectivity index (χ2n) is 8.45.